The molecule has 1 fully saturated rings. The normalized spacial score (nSPS) is 24.3. The van der Waals surface area contributed by atoms with Crippen LogP contribution in [0, 0.1) is 0 Å². The van der Waals surface area contributed by atoms with Gasteiger partial charge in [-0.2, -0.15) is 0 Å². The molecule has 76 valence electrons. The fraction of sp³-hybridized carbons (Fsp3) is 0.889. The van der Waals surface area contributed by atoms with Crippen LogP contribution in [-0.2, 0) is 4.79 Å². The second kappa shape index (κ2) is 5.19. The molecule has 0 aromatic heterocycles. The van der Waals surface area contributed by atoms with Gasteiger partial charge in [-0.05, 0) is 6.92 Å². The van der Waals surface area contributed by atoms with Gasteiger partial charge in [-0.15, -0.1) is 0 Å². The van der Waals surface area contributed by atoms with Crippen LogP contribution in [0.5, 0.6) is 0 Å². The van der Waals surface area contributed by atoms with Gasteiger partial charge < -0.3 is 10.6 Å². The molecule has 0 aliphatic carbocycles. The van der Waals surface area contributed by atoms with Crippen molar-refractivity contribution >= 4 is 5.91 Å². The molecule has 1 saturated heterocycles. The molecule has 4 nitrogen and oxygen atoms in total. The third-order valence-electron chi connectivity index (χ3n) is 2.25. The van der Waals surface area contributed by atoms with E-state index in [4.69, 9.17) is 0 Å². The Morgan fingerprint density at radius 1 is 1.69 bits per heavy atom. The summed E-state index contributed by atoms with van der Waals surface area (Å²) in [5.74, 6) is 0.0585. The molecular weight excluding hydrogens is 166 g/mol. The standard InChI is InChI=1S/C9H19N3O/c1-8-7-12(5-3-10-8)6-4-11-9(2)13/h8,10H,3-7H2,1-2H3,(H,11,13)/t8-/m0/s1. The summed E-state index contributed by atoms with van der Waals surface area (Å²) in [7, 11) is 0. The molecule has 13 heavy (non-hydrogen) atoms. The zero-order valence-corrected chi connectivity index (χ0v) is 8.47. The van der Waals surface area contributed by atoms with Crippen molar-refractivity contribution in [2.75, 3.05) is 32.7 Å². The molecule has 0 saturated carbocycles. The number of carbonyl (C=O) groups is 1. The van der Waals surface area contributed by atoms with E-state index in [0.29, 0.717) is 6.04 Å². The van der Waals surface area contributed by atoms with Crippen LogP contribution in [0.4, 0.5) is 0 Å². The predicted molar refractivity (Wildman–Crippen MR) is 52.6 cm³/mol. The highest BCUT2D eigenvalue weighted by Gasteiger charge is 2.14. The van der Waals surface area contributed by atoms with Gasteiger partial charge in [-0.25, -0.2) is 0 Å². The van der Waals surface area contributed by atoms with Gasteiger partial charge in [0.15, 0.2) is 0 Å². The monoisotopic (exact) mass is 185 g/mol. The maximum atomic E-state index is 10.6. The van der Waals surface area contributed by atoms with E-state index in [1.165, 1.54) is 0 Å². The lowest BCUT2D eigenvalue weighted by Crippen LogP contribution is -2.50. The van der Waals surface area contributed by atoms with E-state index in [-0.39, 0.29) is 5.91 Å². The first-order valence-corrected chi connectivity index (χ1v) is 4.88. The smallest absolute Gasteiger partial charge is 0.216 e. The lowest BCUT2D eigenvalue weighted by molar-refractivity contribution is -0.119. The zero-order valence-electron chi connectivity index (χ0n) is 8.47. The lowest BCUT2D eigenvalue weighted by Gasteiger charge is -2.31. The van der Waals surface area contributed by atoms with Crippen LogP contribution in [-0.4, -0.2) is 49.6 Å². The third-order valence-corrected chi connectivity index (χ3v) is 2.25. The Kier molecular flexibility index (Phi) is 4.18. The van der Waals surface area contributed by atoms with Crippen molar-refractivity contribution in [3.63, 3.8) is 0 Å². The van der Waals surface area contributed by atoms with E-state index >= 15 is 0 Å². The second-order valence-corrected chi connectivity index (χ2v) is 3.64. The van der Waals surface area contributed by atoms with Gasteiger partial charge in [0.05, 0.1) is 0 Å². The van der Waals surface area contributed by atoms with Crippen molar-refractivity contribution in [2.24, 2.45) is 0 Å². The molecule has 1 atom stereocenters. The van der Waals surface area contributed by atoms with Crippen molar-refractivity contribution in [3.05, 3.63) is 0 Å². The topological polar surface area (TPSA) is 44.4 Å². The number of hydrogen-bond acceptors (Lipinski definition) is 3. The summed E-state index contributed by atoms with van der Waals surface area (Å²) in [5.41, 5.74) is 0. The Hall–Kier alpha value is -0.610. The highest BCUT2D eigenvalue weighted by Crippen LogP contribution is 1.96. The summed E-state index contributed by atoms with van der Waals surface area (Å²) in [4.78, 5) is 13.0. The van der Waals surface area contributed by atoms with Crippen molar-refractivity contribution in [1.82, 2.24) is 15.5 Å². The van der Waals surface area contributed by atoms with Gasteiger partial charge in [-0.3, -0.25) is 9.69 Å². The number of nitrogens with zero attached hydrogens (tertiary/aromatic N) is 1. The lowest BCUT2D eigenvalue weighted by atomic mass is 10.2. The van der Waals surface area contributed by atoms with E-state index in [2.05, 4.69) is 22.5 Å². The van der Waals surface area contributed by atoms with Crippen LogP contribution in [0.2, 0.25) is 0 Å². The third kappa shape index (κ3) is 4.24. The summed E-state index contributed by atoms with van der Waals surface area (Å²) in [6.45, 7) is 8.70. The fourth-order valence-electron chi connectivity index (χ4n) is 1.61. The van der Waals surface area contributed by atoms with Crippen LogP contribution in [0.25, 0.3) is 0 Å². The molecule has 4 heteroatoms. The summed E-state index contributed by atoms with van der Waals surface area (Å²) in [6, 6.07) is 0.575. The Labute approximate surface area is 79.7 Å². The molecule has 1 amide bonds. The SMILES string of the molecule is CC(=O)NCCN1CCN[C@@H](C)C1. The summed E-state index contributed by atoms with van der Waals surface area (Å²) >= 11 is 0. The van der Waals surface area contributed by atoms with Gasteiger partial charge in [-0.1, -0.05) is 0 Å². The summed E-state index contributed by atoms with van der Waals surface area (Å²) in [5, 5.41) is 6.19. The molecule has 0 radical (unpaired) electrons. The number of carbonyl (C=O) groups excluding carboxylic acids is 1. The number of amides is 1. The van der Waals surface area contributed by atoms with Crippen molar-refractivity contribution in [1.29, 1.82) is 0 Å². The summed E-state index contributed by atoms with van der Waals surface area (Å²) < 4.78 is 0. The van der Waals surface area contributed by atoms with E-state index < -0.39 is 0 Å². The van der Waals surface area contributed by atoms with Crippen LogP contribution < -0.4 is 10.6 Å². The van der Waals surface area contributed by atoms with Crippen LogP contribution >= 0.6 is 0 Å². The first kappa shape index (κ1) is 10.5. The maximum absolute atomic E-state index is 10.6. The molecule has 1 aliphatic rings. The molecule has 0 bridgehead atoms. The van der Waals surface area contributed by atoms with E-state index in [1.807, 2.05) is 0 Å². The number of hydrogen-bond donors (Lipinski definition) is 2. The van der Waals surface area contributed by atoms with Crippen LogP contribution in [0.1, 0.15) is 13.8 Å². The molecule has 0 spiro atoms. The van der Waals surface area contributed by atoms with Crippen molar-refractivity contribution < 1.29 is 4.79 Å². The highest BCUT2D eigenvalue weighted by atomic mass is 16.1. The highest BCUT2D eigenvalue weighted by molar-refractivity contribution is 5.72. The molecule has 0 unspecified atom stereocenters. The van der Waals surface area contributed by atoms with Crippen LogP contribution in [0.15, 0.2) is 0 Å². The molecule has 1 aliphatic heterocycles. The zero-order chi connectivity index (χ0) is 9.68. The van der Waals surface area contributed by atoms with Crippen molar-refractivity contribution in [2.45, 2.75) is 19.9 Å². The first-order chi connectivity index (χ1) is 6.18. The van der Waals surface area contributed by atoms with Crippen molar-refractivity contribution in [3.8, 4) is 0 Å². The van der Waals surface area contributed by atoms with E-state index in [9.17, 15) is 4.79 Å². The Morgan fingerprint density at radius 2 is 2.46 bits per heavy atom. The minimum absolute atomic E-state index is 0.0585. The Balaban J connectivity index is 2.10. The minimum Gasteiger partial charge on any atom is -0.355 e. The second-order valence-electron chi connectivity index (χ2n) is 3.64. The maximum Gasteiger partial charge on any atom is 0.216 e. The fourth-order valence-corrected chi connectivity index (χ4v) is 1.61. The summed E-state index contributed by atoms with van der Waals surface area (Å²) in [6.07, 6.45) is 0. The number of rotatable bonds is 3. The Morgan fingerprint density at radius 3 is 3.08 bits per heavy atom. The average molecular weight is 185 g/mol. The molecule has 2 N–H and O–H groups in total. The number of nitrogens with one attached hydrogen (secondary N) is 2. The number of piperazine rings is 1. The predicted octanol–water partition coefficient (Wildman–Crippen LogP) is -0.584. The molecule has 0 aromatic rings. The van der Waals surface area contributed by atoms with Crippen LogP contribution in [0.3, 0.4) is 0 Å². The van der Waals surface area contributed by atoms with Gasteiger partial charge in [0.1, 0.15) is 0 Å². The first-order valence-electron chi connectivity index (χ1n) is 4.88. The van der Waals surface area contributed by atoms with Gasteiger partial charge in [0.25, 0.3) is 0 Å². The van der Waals surface area contributed by atoms with E-state index in [1.54, 1.807) is 6.92 Å². The molecular formula is C9H19N3O. The molecule has 1 heterocycles. The largest absolute Gasteiger partial charge is 0.355 e. The van der Waals surface area contributed by atoms with Gasteiger partial charge in [0.2, 0.25) is 5.91 Å². The quantitative estimate of drug-likeness (QED) is 0.618. The Bertz CT molecular complexity index is 172. The molecule has 1 rings (SSSR count). The minimum atomic E-state index is 0.0585. The van der Waals surface area contributed by atoms with Gasteiger partial charge >= 0.3 is 0 Å². The molecule has 0 aromatic carbocycles. The average Bonchev–Trinajstić information content (AvgIpc) is 2.03. The van der Waals surface area contributed by atoms with Gasteiger partial charge in [0, 0.05) is 45.7 Å². The van der Waals surface area contributed by atoms with E-state index in [0.717, 1.165) is 32.7 Å².